The second-order valence-corrected chi connectivity index (χ2v) is 5.89. The van der Waals surface area contributed by atoms with Crippen LogP contribution < -0.4 is 0 Å². The minimum Gasteiger partial charge on any atom is -0.341 e. The van der Waals surface area contributed by atoms with Crippen molar-refractivity contribution in [2.45, 2.75) is 25.5 Å². The molecule has 0 unspecified atom stereocenters. The number of hydrogen-bond acceptors (Lipinski definition) is 3. The van der Waals surface area contributed by atoms with Crippen LogP contribution in [0.5, 0.6) is 0 Å². The van der Waals surface area contributed by atoms with Gasteiger partial charge in [0.2, 0.25) is 5.91 Å². The molecular formula is C15H19NO2S. The van der Waals surface area contributed by atoms with E-state index >= 15 is 0 Å². The van der Waals surface area contributed by atoms with Crippen LogP contribution in [0.2, 0.25) is 0 Å². The van der Waals surface area contributed by atoms with Gasteiger partial charge in [-0.2, -0.15) is 0 Å². The van der Waals surface area contributed by atoms with Crippen molar-refractivity contribution in [2.24, 2.45) is 0 Å². The summed E-state index contributed by atoms with van der Waals surface area (Å²) < 4.78 is 0. The van der Waals surface area contributed by atoms with E-state index in [1.165, 1.54) is 11.1 Å². The summed E-state index contributed by atoms with van der Waals surface area (Å²) in [4.78, 5) is 24.9. The van der Waals surface area contributed by atoms with Crippen molar-refractivity contribution in [3.63, 3.8) is 0 Å². The summed E-state index contributed by atoms with van der Waals surface area (Å²) in [5, 5.41) is 0. The number of amides is 1. The van der Waals surface area contributed by atoms with Crippen molar-refractivity contribution in [2.75, 3.05) is 18.8 Å². The van der Waals surface area contributed by atoms with Gasteiger partial charge in [0.05, 0.1) is 5.75 Å². The Morgan fingerprint density at radius 3 is 2.74 bits per heavy atom. The molecular weight excluding hydrogens is 258 g/mol. The molecule has 1 aliphatic heterocycles. The number of benzene rings is 1. The fourth-order valence-electron chi connectivity index (χ4n) is 2.15. The average molecular weight is 277 g/mol. The summed E-state index contributed by atoms with van der Waals surface area (Å²) in [7, 11) is 0. The Morgan fingerprint density at radius 1 is 1.32 bits per heavy atom. The maximum Gasteiger partial charge on any atom is 0.232 e. The molecule has 0 radical (unpaired) electrons. The second kappa shape index (κ2) is 6.75. The predicted molar refractivity (Wildman–Crippen MR) is 78.2 cm³/mol. The van der Waals surface area contributed by atoms with Crippen molar-refractivity contribution in [1.82, 2.24) is 4.90 Å². The molecule has 0 spiro atoms. The Kier molecular flexibility index (Phi) is 5.02. The maximum atomic E-state index is 12.0. The summed E-state index contributed by atoms with van der Waals surface area (Å²) in [5.74, 6) is 1.80. The van der Waals surface area contributed by atoms with Crippen molar-refractivity contribution in [3.05, 3.63) is 35.4 Å². The quantitative estimate of drug-likeness (QED) is 0.848. The number of hydrogen-bond donors (Lipinski definition) is 0. The number of thioether (sulfide) groups is 1. The van der Waals surface area contributed by atoms with E-state index in [1.54, 1.807) is 11.8 Å². The summed E-state index contributed by atoms with van der Waals surface area (Å²) >= 11 is 1.64. The van der Waals surface area contributed by atoms with Crippen LogP contribution in [0.1, 0.15) is 24.0 Å². The Morgan fingerprint density at radius 2 is 2.05 bits per heavy atom. The largest absolute Gasteiger partial charge is 0.341 e. The molecule has 4 heteroatoms. The smallest absolute Gasteiger partial charge is 0.232 e. The lowest BCUT2D eigenvalue weighted by molar-refractivity contribution is -0.132. The number of piperidine rings is 1. The minimum atomic E-state index is 0.158. The van der Waals surface area contributed by atoms with Crippen LogP contribution in [0.4, 0.5) is 0 Å². The molecule has 0 bridgehead atoms. The van der Waals surface area contributed by atoms with E-state index in [1.807, 2.05) is 11.0 Å². The normalized spacial score (nSPS) is 15.6. The average Bonchev–Trinajstić information content (AvgIpc) is 2.39. The zero-order valence-corrected chi connectivity index (χ0v) is 12.0. The Labute approximate surface area is 118 Å². The van der Waals surface area contributed by atoms with Gasteiger partial charge in [0, 0.05) is 31.7 Å². The van der Waals surface area contributed by atoms with Crippen molar-refractivity contribution < 1.29 is 9.59 Å². The van der Waals surface area contributed by atoms with Gasteiger partial charge >= 0.3 is 0 Å². The van der Waals surface area contributed by atoms with Gasteiger partial charge in [0.1, 0.15) is 5.78 Å². The summed E-state index contributed by atoms with van der Waals surface area (Å²) in [5.41, 5.74) is 2.51. The third-order valence-corrected chi connectivity index (χ3v) is 4.24. The number of carbonyl (C=O) groups excluding carboxylic acids is 2. The number of Topliss-reactive ketones (excluding diaryl/α,β-unsaturated/α-hetero) is 1. The van der Waals surface area contributed by atoms with Crippen LogP contribution in [0.15, 0.2) is 24.3 Å². The zero-order chi connectivity index (χ0) is 13.7. The first-order valence-corrected chi connectivity index (χ1v) is 7.73. The number of rotatable bonds is 4. The van der Waals surface area contributed by atoms with Crippen molar-refractivity contribution in [1.29, 1.82) is 0 Å². The molecule has 1 fully saturated rings. The number of likely N-dealkylation sites (tertiary alicyclic amines) is 1. The highest BCUT2D eigenvalue weighted by Crippen LogP contribution is 2.15. The molecule has 0 N–H and O–H groups in total. The fraction of sp³-hybridized carbons (Fsp3) is 0.467. The highest BCUT2D eigenvalue weighted by atomic mass is 32.2. The first kappa shape index (κ1) is 14.1. The van der Waals surface area contributed by atoms with Crippen LogP contribution in [0, 0.1) is 6.92 Å². The Bertz CT molecular complexity index is 463. The van der Waals surface area contributed by atoms with E-state index < -0.39 is 0 Å². The molecule has 1 saturated heterocycles. The van der Waals surface area contributed by atoms with Crippen molar-refractivity contribution in [3.8, 4) is 0 Å². The molecule has 102 valence electrons. The van der Waals surface area contributed by atoms with Crippen LogP contribution >= 0.6 is 11.8 Å². The predicted octanol–water partition coefficient (Wildman–Crippen LogP) is 2.42. The molecule has 0 saturated carbocycles. The summed E-state index contributed by atoms with van der Waals surface area (Å²) in [6, 6.07) is 8.36. The van der Waals surface area contributed by atoms with Crippen LogP contribution in [0.25, 0.3) is 0 Å². The molecule has 1 amide bonds. The monoisotopic (exact) mass is 277 g/mol. The lowest BCUT2D eigenvalue weighted by Crippen LogP contribution is -2.39. The number of aryl methyl sites for hydroxylation is 1. The molecule has 2 rings (SSSR count). The molecule has 0 aromatic heterocycles. The standard InChI is InChI=1S/C15H19NO2S/c1-12-3-2-4-13(9-12)10-19-11-15(18)16-7-5-14(17)6-8-16/h2-4,9H,5-8,10-11H2,1H3. The van der Waals surface area contributed by atoms with Crippen LogP contribution in [-0.4, -0.2) is 35.4 Å². The fourth-order valence-corrected chi connectivity index (χ4v) is 3.03. The minimum absolute atomic E-state index is 0.158. The molecule has 0 aliphatic carbocycles. The Hall–Kier alpha value is -1.29. The molecule has 19 heavy (non-hydrogen) atoms. The topological polar surface area (TPSA) is 37.4 Å². The van der Waals surface area contributed by atoms with Gasteiger partial charge in [0.25, 0.3) is 0 Å². The lowest BCUT2D eigenvalue weighted by atomic mass is 10.1. The van der Waals surface area contributed by atoms with E-state index in [4.69, 9.17) is 0 Å². The molecule has 3 nitrogen and oxygen atoms in total. The summed E-state index contributed by atoms with van der Waals surface area (Å²) in [6.45, 7) is 3.27. The third-order valence-electron chi connectivity index (χ3n) is 3.25. The van der Waals surface area contributed by atoms with Crippen LogP contribution in [-0.2, 0) is 15.3 Å². The molecule has 0 atom stereocenters. The Balaban J connectivity index is 1.73. The number of carbonyl (C=O) groups is 2. The summed E-state index contributed by atoms with van der Waals surface area (Å²) in [6.07, 6.45) is 1.04. The van der Waals surface area contributed by atoms with Gasteiger partial charge < -0.3 is 4.90 Å². The molecule has 1 heterocycles. The first-order valence-electron chi connectivity index (χ1n) is 6.58. The number of nitrogens with zero attached hydrogens (tertiary/aromatic N) is 1. The highest BCUT2D eigenvalue weighted by molar-refractivity contribution is 7.99. The van der Waals surface area contributed by atoms with E-state index in [0.717, 1.165) is 5.75 Å². The highest BCUT2D eigenvalue weighted by Gasteiger charge is 2.20. The third kappa shape index (κ3) is 4.39. The van der Waals surface area contributed by atoms with Gasteiger partial charge in [-0.25, -0.2) is 0 Å². The maximum absolute atomic E-state index is 12.0. The SMILES string of the molecule is Cc1cccc(CSCC(=O)N2CCC(=O)CC2)c1. The van der Waals surface area contributed by atoms with E-state index in [0.29, 0.717) is 31.7 Å². The second-order valence-electron chi connectivity index (χ2n) is 4.90. The van der Waals surface area contributed by atoms with E-state index in [9.17, 15) is 9.59 Å². The van der Waals surface area contributed by atoms with Gasteiger partial charge in [-0.3, -0.25) is 9.59 Å². The number of ketones is 1. The zero-order valence-electron chi connectivity index (χ0n) is 11.2. The van der Waals surface area contributed by atoms with Gasteiger partial charge in [-0.1, -0.05) is 29.8 Å². The van der Waals surface area contributed by atoms with E-state index in [-0.39, 0.29) is 11.7 Å². The molecule has 1 aromatic carbocycles. The first-order chi connectivity index (χ1) is 9.15. The van der Waals surface area contributed by atoms with Gasteiger partial charge in [0.15, 0.2) is 0 Å². The van der Waals surface area contributed by atoms with Crippen molar-refractivity contribution >= 4 is 23.5 Å². The van der Waals surface area contributed by atoms with E-state index in [2.05, 4.69) is 25.1 Å². The van der Waals surface area contributed by atoms with Gasteiger partial charge in [-0.05, 0) is 12.5 Å². The molecule has 1 aliphatic rings. The lowest BCUT2D eigenvalue weighted by Gasteiger charge is -2.25. The molecule has 1 aromatic rings. The van der Waals surface area contributed by atoms with Gasteiger partial charge in [-0.15, -0.1) is 11.8 Å². The van der Waals surface area contributed by atoms with Crippen LogP contribution in [0.3, 0.4) is 0 Å².